The van der Waals surface area contributed by atoms with Crippen molar-refractivity contribution >= 4 is 8.60 Å². The van der Waals surface area contributed by atoms with Gasteiger partial charge in [0.25, 0.3) is 0 Å². The average molecular weight is 304 g/mol. The highest BCUT2D eigenvalue weighted by molar-refractivity contribution is 7.39. The van der Waals surface area contributed by atoms with E-state index in [2.05, 4.69) is 27.7 Å². The van der Waals surface area contributed by atoms with E-state index in [0.29, 0.717) is 0 Å². The van der Waals surface area contributed by atoms with Crippen LogP contribution in [0.2, 0.25) is 0 Å². The van der Waals surface area contributed by atoms with E-state index in [-0.39, 0.29) is 10.8 Å². The number of hydrogen-bond donors (Lipinski definition) is 3. The molecule has 0 aliphatic heterocycles. The molecule has 0 spiro atoms. The number of hydrogen-bond acceptors (Lipinski definition) is 4. The van der Waals surface area contributed by atoms with E-state index in [1.54, 1.807) is 0 Å². The molecule has 2 aliphatic carbocycles. The Kier molecular flexibility index (Phi) is 3.65. The fourth-order valence-corrected chi connectivity index (χ4v) is 5.34. The summed E-state index contributed by atoms with van der Waals surface area (Å²) in [6.07, 6.45) is 2.95. The Labute approximate surface area is 123 Å². The quantitative estimate of drug-likeness (QED) is 0.697. The minimum Gasteiger partial charge on any atom is -0.389 e. The maximum absolute atomic E-state index is 11.0. The van der Waals surface area contributed by atoms with Crippen LogP contribution in [-0.2, 0) is 4.52 Å². The predicted molar refractivity (Wildman–Crippen MR) is 79.9 cm³/mol. The molecule has 2 saturated carbocycles. The van der Waals surface area contributed by atoms with Gasteiger partial charge < -0.3 is 19.4 Å². The Morgan fingerprint density at radius 1 is 0.900 bits per heavy atom. The van der Waals surface area contributed by atoms with Gasteiger partial charge >= 0.3 is 8.60 Å². The summed E-state index contributed by atoms with van der Waals surface area (Å²) in [7, 11) is -2.41. The molecule has 2 fully saturated rings. The molecule has 0 atom stereocenters. The Balaban J connectivity index is 2.25. The maximum Gasteiger partial charge on any atom is 0.327 e. The lowest BCUT2D eigenvalue weighted by Crippen LogP contribution is -2.71. The van der Waals surface area contributed by atoms with Gasteiger partial charge in [-0.15, -0.1) is 0 Å². The first kappa shape index (κ1) is 16.6. The van der Waals surface area contributed by atoms with Crippen molar-refractivity contribution in [3.05, 3.63) is 0 Å². The third-order valence-electron chi connectivity index (χ3n) is 5.63. The summed E-state index contributed by atoms with van der Waals surface area (Å²) in [5.41, 5.74) is -1.67. The summed E-state index contributed by atoms with van der Waals surface area (Å²) in [5.74, 6) is 0. The standard InChI is InChI=1S/C15H29O4P/c1-11(2)7-14(16,8-11)13(5,6)15(19-20(17)18)9-12(3,4)10-15/h16-18H,7-10H2,1-6H3. The van der Waals surface area contributed by atoms with E-state index in [4.69, 9.17) is 4.52 Å². The molecule has 118 valence electrons. The van der Waals surface area contributed by atoms with Crippen molar-refractivity contribution in [3.63, 3.8) is 0 Å². The van der Waals surface area contributed by atoms with Crippen molar-refractivity contribution in [2.45, 2.75) is 78.4 Å². The summed E-state index contributed by atoms with van der Waals surface area (Å²) in [4.78, 5) is 18.7. The molecule has 0 aromatic rings. The van der Waals surface area contributed by atoms with Gasteiger partial charge in [0.15, 0.2) is 0 Å². The molecule has 0 amide bonds. The molecule has 0 aromatic heterocycles. The van der Waals surface area contributed by atoms with Gasteiger partial charge in [-0.1, -0.05) is 41.5 Å². The fourth-order valence-electron chi connectivity index (χ4n) is 4.67. The lowest BCUT2D eigenvalue weighted by molar-refractivity contribution is -0.276. The Morgan fingerprint density at radius 2 is 1.30 bits per heavy atom. The van der Waals surface area contributed by atoms with Crippen molar-refractivity contribution in [3.8, 4) is 0 Å². The van der Waals surface area contributed by atoms with Gasteiger partial charge in [-0.05, 0) is 36.5 Å². The summed E-state index contributed by atoms with van der Waals surface area (Å²) in [6.45, 7) is 12.6. The topological polar surface area (TPSA) is 69.9 Å². The average Bonchev–Trinajstić information content (AvgIpc) is 2.09. The molecular weight excluding hydrogens is 275 g/mol. The normalized spacial score (nSPS) is 29.7. The van der Waals surface area contributed by atoms with E-state index in [1.165, 1.54) is 0 Å². The van der Waals surface area contributed by atoms with Crippen LogP contribution < -0.4 is 0 Å². The number of rotatable bonds is 4. The minimum atomic E-state index is -2.41. The Hall–Kier alpha value is 0.270. The molecule has 4 nitrogen and oxygen atoms in total. The molecule has 5 heteroatoms. The third kappa shape index (κ3) is 2.44. The van der Waals surface area contributed by atoms with Crippen LogP contribution in [0, 0.1) is 16.2 Å². The van der Waals surface area contributed by atoms with Gasteiger partial charge in [0, 0.05) is 5.41 Å². The number of aliphatic hydroxyl groups is 1. The second kappa shape index (κ2) is 4.39. The van der Waals surface area contributed by atoms with Crippen LogP contribution in [0.4, 0.5) is 0 Å². The van der Waals surface area contributed by atoms with Gasteiger partial charge in [-0.2, -0.15) is 0 Å². The van der Waals surface area contributed by atoms with Gasteiger partial charge in [-0.3, -0.25) is 0 Å². The van der Waals surface area contributed by atoms with Crippen LogP contribution in [0.1, 0.15) is 67.2 Å². The first-order valence-electron chi connectivity index (χ1n) is 7.34. The lowest BCUT2D eigenvalue weighted by atomic mass is 9.42. The van der Waals surface area contributed by atoms with Crippen molar-refractivity contribution in [2.75, 3.05) is 0 Å². The SMILES string of the molecule is CC1(C)CC(O)(C(C)(C)C2(OP(O)O)CC(C)(C)C2)C1. The molecule has 0 heterocycles. The second-order valence-electron chi connectivity index (χ2n) is 9.03. The molecule has 2 aliphatic rings. The van der Waals surface area contributed by atoms with Crippen molar-refractivity contribution in [1.82, 2.24) is 0 Å². The smallest absolute Gasteiger partial charge is 0.327 e. The maximum atomic E-state index is 11.0. The monoisotopic (exact) mass is 304 g/mol. The zero-order valence-electron chi connectivity index (χ0n) is 13.5. The van der Waals surface area contributed by atoms with E-state index in [0.717, 1.165) is 25.7 Å². The lowest BCUT2D eigenvalue weighted by Gasteiger charge is -2.68. The van der Waals surface area contributed by atoms with Crippen LogP contribution in [0.15, 0.2) is 0 Å². The largest absolute Gasteiger partial charge is 0.389 e. The highest BCUT2D eigenvalue weighted by Crippen LogP contribution is 2.68. The van der Waals surface area contributed by atoms with E-state index < -0.39 is 25.2 Å². The van der Waals surface area contributed by atoms with Gasteiger partial charge in [0.1, 0.15) is 0 Å². The first-order valence-corrected chi connectivity index (χ1v) is 8.50. The summed E-state index contributed by atoms with van der Waals surface area (Å²) < 4.78 is 5.58. The summed E-state index contributed by atoms with van der Waals surface area (Å²) in [5, 5.41) is 11.0. The predicted octanol–water partition coefficient (Wildman–Crippen LogP) is 3.35. The molecule has 2 rings (SSSR count). The molecule has 0 radical (unpaired) electrons. The highest BCUT2D eigenvalue weighted by Gasteiger charge is 2.69. The van der Waals surface area contributed by atoms with Crippen LogP contribution >= 0.6 is 8.60 Å². The van der Waals surface area contributed by atoms with Gasteiger partial charge in [-0.25, -0.2) is 0 Å². The van der Waals surface area contributed by atoms with Crippen molar-refractivity contribution in [2.24, 2.45) is 16.2 Å². The molecule has 0 saturated heterocycles. The Morgan fingerprint density at radius 3 is 1.60 bits per heavy atom. The van der Waals surface area contributed by atoms with Crippen LogP contribution in [0.3, 0.4) is 0 Å². The molecular formula is C15H29O4P. The molecule has 3 N–H and O–H groups in total. The second-order valence-corrected chi connectivity index (χ2v) is 9.72. The summed E-state index contributed by atoms with van der Waals surface area (Å²) in [6, 6.07) is 0. The van der Waals surface area contributed by atoms with Gasteiger partial charge in [0.05, 0.1) is 11.2 Å². The van der Waals surface area contributed by atoms with Gasteiger partial charge in [0.2, 0.25) is 0 Å². The van der Waals surface area contributed by atoms with E-state index in [1.807, 2.05) is 13.8 Å². The molecule has 20 heavy (non-hydrogen) atoms. The fraction of sp³-hybridized carbons (Fsp3) is 1.00. The van der Waals surface area contributed by atoms with E-state index in [9.17, 15) is 14.9 Å². The summed E-state index contributed by atoms with van der Waals surface area (Å²) >= 11 is 0. The zero-order valence-corrected chi connectivity index (χ0v) is 14.4. The molecule has 0 unspecified atom stereocenters. The minimum absolute atomic E-state index is 0.123. The van der Waals surface area contributed by atoms with Crippen molar-refractivity contribution in [1.29, 1.82) is 0 Å². The third-order valence-corrected chi connectivity index (χ3v) is 6.14. The molecule has 0 aromatic carbocycles. The first-order chi connectivity index (χ1) is 8.74. The highest BCUT2D eigenvalue weighted by atomic mass is 31.2. The van der Waals surface area contributed by atoms with Crippen LogP contribution in [0.5, 0.6) is 0 Å². The Bertz CT molecular complexity index is 379. The molecule has 0 bridgehead atoms. The zero-order chi connectivity index (χ0) is 15.6. The van der Waals surface area contributed by atoms with E-state index >= 15 is 0 Å². The van der Waals surface area contributed by atoms with Crippen molar-refractivity contribution < 1.29 is 19.4 Å². The van der Waals surface area contributed by atoms with Crippen LogP contribution in [-0.4, -0.2) is 26.1 Å². The van der Waals surface area contributed by atoms with Crippen LogP contribution in [0.25, 0.3) is 0 Å².